The second-order valence-electron chi connectivity index (χ2n) is 0.0431. The molecule has 0 aromatic carbocycles. The Labute approximate surface area is 222 Å². The monoisotopic (exact) mass is 771 g/mol. The topological polar surface area (TPSA) is 0 Å². The standard InChI is InChI=1S/CH5P.7CH4.2CH3.2Cu.3HI.K.H3P.H/c1-2;;;;;;;;;;;;;;;;;/h2H2,1H3;7*1H4;2*1H3;;;3*1H;;1H3;/q;;;;;;;;2*-1;2*+2;;;;+1;;-1/p-3. The minimum atomic E-state index is 0. The summed E-state index contributed by atoms with van der Waals surface area (Å²) in [7, 11) is 4.17. The van der Waals surface area contributed by atoms with Gasteiger partial charge in [-0.25, -0.2) is 0 Å². The van der Waals surface area contributed by atoms with E-state index in [-0.39, 0.29) is 130 Å². The van der Waals surface area contributed by atoms with E-state index in [0.29, 0.717) is 0 Å². The SMILES string of the molecule is C.C.C.C.C.C.C.CP.P.[CH3-].[CH3-].[Cu+][I].[H-].[I][Cu][I].[K+]. The fourth-order valence-electron chi connectivity index (χ4n) is 0. The van der Waals surface area contributed by atoms with E-state index in [0.717, 1.165) is 0 Å². The maximum Gasteiger partial charge on any atom is 1.00 e. The largest absolute Gasteiger partial charge is 1.00 e. The quantitative estimate of drug-likeness (QED) is 0.129. The summed E-state index contributed by atoms with van der Waals surface area (Å²) in [6, 6.07) is 0. The summed E-state index contributed by atoms with van der Waals surface area (Å²) in [5.74, 6) is 0. The summed E-state index contributed by atoms with van der Waals surface area (Å²) >= 11 is 10.2. The maximum absolute atomic E-state index is 4.16. The molecule has 2 unspecified atom stereocenters. The number of rotatable bonds is 0. The van der Waals surface area contributed by atoms with Gasteiger partial charge in [0.1, 0.15) is 0 Å². The first-order valence-corrected chi connectivity index (χ1v) is 11.2. The van der Waals surface area contributed by atoms with Gasteiger partial charge in [-0.05, 0) is 0 Å². The molecule has 2 atom stereocenters. The zero-order chi connectivity index (χ0) is 6.71. The predicted molar refractivity (Wildman–Crippen MR) is 130 cm³/mol. The van der Waals surface area contributed by atoms with Crippen molar-refractivity contribution in [2.75, 3.05) is 6.66 Å². The van der Waals surface area contributed by atoms with Gasteiger partial charge in [0.15, 0.2) is 0 Å². The van der Waals surface area contributed by atoms with Crippen LogP contribution >= 0.6 is 80.2 Å². The average Bonchev–Trinajstić information content (AvgIpc) is 1.78. The van der Waals surface area contributed by atoms with Gasteiger partial charge >= 0.3 is 134 Å². The van der Waals surface area contributed by atoms with Crippen molar-refractivity contribution >= 4 is 80.2 Å². The van der Waals surface area contributed by atoms with E-state index in [1.54, 1.807) is 28.8 Å². The van der Waals surface area contributed by atoms with Crippen LogP contribution < -0.4 is 51.4 Å². The third kappa shape index (κ3) is 285. The Morgan fingerprint density at radius 2 is 0.778 bits per heavy atom. The van der Waals surface area contributed by atoms with Crippen molar-refractivity contribution in [1.29, 1.82) is 0 Å². The molecule has 0 N–H and O–H groups in total. The van der Waals surface area contributed by atoms with Crippen LogP contribution in [-0.2, 0) is 21.2 Å². The molecule has 0 bridgehead atoms. The first-order chi connectivity index (χ1) is 3.41. The molecule has 0 saturated carbocycles. The van der Waals surface area contributed by atoms with Gasteiger partial charge in [-0.1, -0.05) is 58.7 Å². The van der Waals surface area contributed by atoms with Crippen LogP contribution in [0.3, 0.4) is 0 Å². The number of hydrogen-bond donors (Lipinski definition) is 0. The molecule has 18 heavy (non-hydrogen) atoms. The average molecular weight is 772 g/mol. The van der Waals surface area contributed by atoms with E-state index in [9.17, 15) is 0 Å². The Hall–Kier alpha value is 5.73. The Kier molecular flexibility index (Phi) is 1710. The molecule has 0 aromatic heterocycles. The zero-order valence-corrected chi connectivity index (χ0v) is 21.1. The molecule has 0 rings (SSSR count). The fourth-order valence-corrected chi connectivity index (χ4v) is 0. The van der Waals surface area contributed by atoms with Crippen molar-refractivity contribution in [3.05, 3.63) is 14.9 Å². The Bertz CT molecular complexity index is 38.7. The molecule has 0 aliphatic heterocycles. The van der Waals surface area contributed by atoms with Gasteiger partial charge in [0.25, 0.3) is 0 Å². The second kappa shape index (κ2) is 237. The van der Waals surface area contributed by atoms with Gasteiger partial charge in [-0.3, -0.25) is 0 Å². The molecule has 0 fully saturated rings. The molecule has 0 radical (unpaired) electrons. The minimum Gasteiger partial charge on any atom is 1.00 e. The normalized spacial score (nSPS) is 1.94. The first-order valence-electron chi connectivity index (χ1n) is 0.919. The minimum absolute atomic E-state index is 0. The Morgan fingerprint density at radius 1 is 0.778 bits per heavy atom. The summed E-state index contributed by atoms with van der Waals surface area (Å²) in [5.41, 5.74) is 0. The third-order valence-electron chi connectivity index (χ3n) is 0. The van der Waals surface area contributed by atoms with Crippen LogP contribution in [0.15, 0.2) is 0 Å². The van der Waals surface area contributed by atoms with Crippen molar-refractivity contribution in [3.63, 3.8) is 0 Å². The van der Waals surface area contributed by atoms with Crippen molar-refractivity contribution in [1.82, 2.24) is 0 Å². The molecule has 0 saturated heterocycles. The molecular weight excluding hydrogens is 729 g/mol. The van der Waals surface area contributed by atoms with Crippen molar-refractivity contribution in [2.24, 2.45) is 0 Å². The van der Waals surface area contributed by atoms with Crippen LogP contribution in [0.1, 0.15) is 53.4 Å². The summed E-state index contributed by atoms with van der Waals surface area (Å²) in [4.78, 5) is 0. The van der Waals surface area contributed by atoms with E-state index in [1.165, 1.54) is 0 Å². The van der Waals surface area contributed by atoms with Gasteiger partial charge in [0, 0.05) is 0 Å². The van der Waals surface area contributed by atoms with Crippen molar-refractivity contribution < 1.29 is 74.0 Å². The molecule has 0 spiro atoms. The van der Waals surface area contributed by atoms with Gasteiger partial charge in [0.2, 0.25) is 0 Å². The summed E-state index contributed by atoms with van der Waals surface area (Å²) in [6.45, 7) is 1.92. The number of halogens is 3. The molecule has 138 valence electrons. The van der Waals surface area contributed by atoms with Gasteiger partial charge in [-0.15, -0.1) is 9.24 Å². The van der Waals surface area contributed by atoms with E-state index < -0.39 is 0 Å². The summed E-state index contributed by atoms with van der Waals surface area (Å²) in [5, 5.41) is 0. The van der Waals surface area contributed by atoms with E-state index in [4.69, 9.17) is 0 Å². The Balaban J connectivity index is -0.000000000747. The van der Waals surface area contributed by atoms with E-state index in [2.05, 4.69) is 62.7 Å². The molecule has 8 heteroatoms. The van der Waals surface area contributed by atoms with Crippen molar-refractivity contribution in [2.45, 2.75) is 52.0 Å². The molecule has 0 aliphatic rings. The fraction of sp³-hybridized carbons (Fsp3) is 0.800. The molecule has 0 nitrogen and oxygen atoms in total. The summed E-state index contributed by atoms with van der Waals surface area (Å²) < 4.78 is 0. The molecular formula is C10H43Cu2I3KP2-. The zero-order valence-electron chi connectivity index (χ0n) is 8.02. The van der Waals surface area contributed by atoms with Crippen LogP contribution in [0.4, 0.5) is 0 Å². The molecule has 0 aromatic rings. The van der Waals surface area contributed by atoms with Crippen LogP contribution in [-0.4, -0.2) is 6.66 Å². The second-order valence-corrected chi connectivity index (χ2v) is 7.99. The molecule has 0 aliphatic carbocycles. The van der Waals surface area contributed by atoms with E-state index in [1.807, 2.05) is 6.66 Å². The number of hydrogen-bond acceptors (Lipinski definition) is 0. The van der Waals surface area contributed by atoms with Crippen LogP contribution in [0.25, 0.3) is 0 Å². The van der Waals surface area contributed by atoms with Crippen LogP contribution in [0, 0.1) is 14.9 Å². The predicted octanol–water partition coefficient (Wildman–Crippen LogP) is 5.67. The van der Waals surface area contributed by atoms with E-state index >= 15 is 0 Å². The third-order valence-corrected chi connectivity index (χ3v) is 0. The first kappa shape index (κ1) is 130. The van der Waals surface area contributed by atoms with Crippen LogP contribution in [0.5, 0.6) is 0 Å². The van der Waals surface area contributed by atoms with Gasteiger partial charge in [-0.2, -0.15) is 9.90 Å². The Morgan fingerprint density at radius 3 is 0.778 bits per heavy atom. The van der Waals surface area contributed by atoms with Crippen LogP contribution in [0.2, 0.25) is 0 Å². The van der Waals surface area contributed by atoms with Gasteiger partial charge < -0.3 is 16.3 Å². The molecule has 0 heterocycles. The van der Waals surface area contributed by atoms with Gasteiger partial charge in [0.05, 0.1) is 0 Å². The smallest absolute Gasteiger partial charge is 1.00 e. The summed E-state index contributed by atoms with van der Waals surface area (Å²) in [6.07, 6.45) is 0. The van der Waals surface area contributed by atoms with Crippen molar-refractivity contribution in [3.8, 4) is 0 Å². The maximum atomic E-state index is 4.16. The molecule has 0 amide bonds.